The van der Waals surface area contributed by atoms with Crippen LogP contribution in [0.25, 0.3) is 0 Å². The van der Waals surface area contributed by atoms with E-state index in [9.17, 15) is 4.79 Å². The number of nitrogens with one attached hydrogen (secondary N) is 2. The predicted octanol–water partition coefficient (Wildman–Crippen LogP) is 4.68. The average molecular weight is 356 g/mol. The van der Waals surface area contributed by atoms with Crippen molar-refractivity contribution in [1.29, 1.82) is 0 Å². The molecule has 1 heterocycles. The van der Waals surface area contributed by atoms with Crippen molar-refractivity contribution in [3.05, 3.63) is 47.5 Å². The molecule has 0 radical (unpaired) electrons. The van der Waals surface area contributed by atoms with Crippen LogP contribution in [0.1, 0.15) is 31.9 Å². The van der Waals surface area contributed by atoms with E-state index in [2.05, 4.69) is 29.7 Å². The van der Waals surface area contributed by atoms with Gasteiger partial charge in [0, 0.05) is 18.7 Å². The Hall–Kier alpha value is -2.89. The standard InChI is InChI=1S/C20H24N2O4/c1-13-7-5-6-8-14(13)11-21-15-9-17-18(25-12-24-17)10-16(15)22-19(23)26-20(2,3)4/h5-10,21H,11-12H2,1-4H3,(H,22,23). The maximum absolute atomic E-state index is 12.2. The number of carbonyl (C=O) groups is 1. The molecule has 0 saturated carbocycles. The van der Waals surface area contributed by atoms with E-state index < -0.39 is 11.7 Å². The molecule has 2 aromatic rings. The second-order valence-corrected chi connectivity index (χ2v) is 7.16. The first-order valence-corrected chi connectivity index (χ1v) is 8.54. The predicted molar refractivity (Wildman–Crippen MR) is 101 cm³/mol. The summed E-state index contributed by atoms with van der Waals surface area (Å²) in [5, 5.41) is 6.15. The summed E-state index contributed by atoms with van der Waals surface area (Å²) in [6, 6.07) is 11.7. The Balaban J connectivity index is 1.81. The molecule has 26 heavy (non-hydrogen) atoms. The van der Waals surface area contributed by atoms with Gasteiger partial charge < -0.3 is 19.5 Å². The maximum Gasteiger partial charge on any atom is 0.412 e. The quantitative estimate of drug-likeness (QED) is 0.832. The Kier molecular flexibility index (Phi) is 4.93. The third-order valence-corrected chi connectivity index (χ3v) is 3.88. The molecule has 0 bridgehead atoms. The molecular formula is C20H24N2O4. The lowest BCUT2D eigenvalue weighted by atomic mass is 10.1. The molecule has 0 aromatic heterocycles. The van der Waals surface area contributed by atoms with Crippen molar-refractivity contribution >= 4 is 17.5 Å². The first kappa shape index (κ1) is 17.9. The van der Waals surface area contributed by atoms with Crippen LogP contribution in [-0.4, -0.2) is 18.5 Å². The Bertz CT molecular complexity index is 812. The molecule has 1 aliphatic heterocycles. The van der Waals surface area contributed by atoms with Gasteiger partial charge in [0.25, 0.3) is 0 Å². The SMILES string of the molecule is Cc1ccccc1CNc1cc2c(cc1NC(=O)OC(C)(C)C)OCO2. The minimum atomic E-state index is -0.574. The highest BCUT2D eigenvalue weighted by molar-refractivity contribution is 5.91. The molecule has 1 aliphatic rings. The van der Waals surface area contributed by atoms with Gasteiger partial charge in [-0.3, -0.25) is 5.32 Å². The maximum atomic E-state index is 12.2. The lowest BCUT2D eigenvalue weighted by molar-refractivity contribution is 0.0636. The van der Waals surface area contributed by atoms with Crippen molar-refractivity contribution in [2.24, 2.45) is 0 Å². The monoisotopic (exact) mass is 356 g/mol. The van der Waals surface area contributed by atoms with Gasteiger partial charge in [-0.1, -0.05) is 24.3 Å². The Morgan fingerprint density at radius 3 is 2.42 bits per heavy atom. The van der Waals surface area contributed by atoms with Crippen LogP contribution in [0.3, 0.4) is 0 Å². The first-order chi connectivity index (χ1) is 12.3. The van der Waals surface area contributed by atoms with Crippen molar-refractivity contribution in [1.82, 2.24) is 0 Å². The van der Waals surface area contributed by atoms with Crippen LogP contribution in [-0.2, 0) is 11.3 Å². The molecule has 3 rings (SSSR count). The summed E-state index contributed by atoms with van der Waals surface area (Å²) < 4.78 is 16.2. The van der Waals surface area contributed by atoms with E-state index in [1.807, 2.05) is 39.0 Å². The molecule has 0 unspecified atom stereocenters. The van der Waals surface area contributed by atoms with Crippen molar-refractivity contribution < 1.29 is 19.0 Å². The molecule has 6 nitrogen and oxygen atoms in total. The number of hydrogen-bond acceptors (Lipinski definition) is 5. The van der Waals surface area contributed by atoms with E-state index in [1.54, 1.807) is 6.07 Å². The molecule has 0 fully saturated rings. The number of amides is 1. The van der Waals surface area contributed by atoms with Gasteiger partial charge >= 0.3 is 6.09 Å². The van der Waals surface area contributed by atoms with Crippen LogP contribution in [0, 0.1) is 6.92 Å². The summed E-state index contributed by atoms with van der Waals surface area (Å²) in [4.78, 5) is 12.2. The number of carbonyl (C=O) groups excluding carboxylic acids is 1. The lowest BCUT2D eigenvalue weighted by Crippen LogP contribution is -2.27. The number of hydrogen-bond donors (Lipinski definition) is 2. The molecular weight excluding hydrogens is 332 g/mol. The van der Waals surface area contributed by atoms with Crippen LogP contribution in [0.4, 0.5) is 16.2 Å². The van der Waals surface area contributed by atoms with E-state index in [0.29, 0.717) is 23.7 Å². The summed E-state index contributed by atoms with van der Waals surface area (Å²) in [5.41, 5.74) is 3.12. The molecule has 1 amide bonds. The topological polar surface area (TPSA) is 68.8 Å². The van der Waals surface area contributed by atoms with Crippen molar-refractivity contribution in [3.8, 4) is 11.5 Å². The molecule has 0 saturated heterocycles. The van der Waals surface area contributed by atoms with Crippen LogP contribution >= 0.6 is 0 Å². The summed E-state index contributed by atoms with van der Waals surface area (Å²) in [6.07, 6.45) is -0.518. The van der Waals surface area contributed by atoms with Gasteiger partial charge in [-0.15, -0.1) is 0 Å². The summed E-state index contributed by atoms with van der Waals surface area (Å²) in [7, 11) is 0. The van der Waals surface area contributed by atoms with Gasteiger partial charge in [-0.05, 0) is 38.8 Å². The zero-order valence-corrected chi connectivity index (χ0v) is 15.5. The molecule has 0 spiro atoms. The van der Waals surface area contributed by atoms with E-state index in [1.165, 1.54) is 11.1 Å². The van der Waals surface area contributed by atoms with Crippen molar-refractivity contribution in [3.63, 3.8) is 0 Å². The fourth-order valence-corrected chi connectivity index (χ4v) is 2.60. The number of ether oxygens (including phenoxy) is 3. The van der Waals surface area contributed by atoms with Crippen LogP contribution < -0.4 is 20.1 Å². The average Bonchev–Trinajstić information content (AvgIpc) is 2.99. The molecule has 0 aliphatic carbocycles. The Morgan fingerprint density at radius 2 is 1.77 bits per heavy atom. The number of aryl methyl sites for hydroxylation is 1. The van der Waals surface area contributed by atoms with Crippen LogP contribution in [0.2, 0.25) is 0 Å². The molecule has 0 atom stereocenters. The third-order valence-electron chi connectivity index (χ3n) is 3.88. The zero-order valence-electron chi connectivity index (χ0n) is 15.5. The van der Waals surface area contributed by atoms with Gasteiger partial charge in [0.15, 0.2) is 11.5 Å². The van der Waals surface area contributed by atoms with E-state index >= 15 is 0 Å². The second-order valence-electron chi connectivity index (χ2n) is 7.16. The van der Waals surface area contributed by atoms with E-state index in [4.69, 9.17) is 14.2 Å². The Morgan fingerprint density at radius 1 is 1.12 bits per heavy atom. The number of benzene rings is 2. The number of rotatable bonds is 4. The smallest absolute Gasteiger partial charge is 0.412 e. The minimum absolute atomic E-state index is 0.169. The van der Waals surface area contributed by atoms with Crippen molar-refractivity contribution in [2.75, 3.05) is 17.4 Å². The number of anilines is 2. The fourth-order valence-electron chi connectivity index (χ4n) is 2.60. The van der Waals surface area contributed by atoms with Gasteiger partial charge in [0.1, 0.15) is 5.60 Å². The second kappa shape index (κ2) is 7.15. The van der Waals surface area contributed by atoms with Gasteiger partial charge in [0.05, 0.1) is 11.4 Å². The summed E-state index contributed by atoms with van der Waals surface area (Å²) in [5.74, 6) is 1.24. The van der Waals surface area contributed by atoms with Gasteiger partial charge in [0.2, 0.25) is 6.79 Å². The van der Waals surface area contributed by atoms with Crippen molar-refractivity contribution in [2.45, 2.75) is 39.8 Å². The molecule has 6 heteroatoms. The normalized spacial score (nSPS) is 12.6. The lowest BCUT2D eigenvalue weighted by Gasteiger charge is -2.21. The Labute approximate surface area is 153 Å². The third kappa shape index (κ3) is 4.39. The van der Waals surface area contributed by atoms with Crippen LogP contribution in [0.5, 0.6) is 11.5 Å². The highest BCUT2D eigenvalue weighted by atomic mass is 16.7. The first-order valence-electron chi connectivity index (χ1n) is 8.54. The van der Waals surface area contributed by atoms with Gasteiger partial charge in [-0.2, -0.15) is 0 Å². The number of fused-ring (bicyclic) bond motifs is 1. The molecule has 2 N–H and O–H groups in total. The summed E-state index contributed by atoms with van der Waals surface area (Å²) in [6.45, 7) is 8.32. The van der Waals surface area contributed by atoms with E-state index in [-0.39, 0.29) is 6.79 Å². The summed E-state index contributed by atoms with van der Waals surface area (Å²) >= 11 is 0. The van der Waals surface area contributed by atoms with E-state index in [0.717, 1.165) is 5.69 Å². The molecule has 2 aromatic carbocycles. The fraction of sp³-hybridized carbons (Fsp3) is 0.350. The molecule has 138 valence electrons. The van der Waals surface area contributed by atoms with Crippen LogP contribution in [0.15, 0.2) is 36.4 Å². The highest BCUT2D eigenvalue weighted by Gasteiger charge is 2.21. The van der Waals surface area contributed by atoms with Gasteiger partial charge in [-0.25, -0.2) is 4.79 Å². The zero-order chi connectivity index (χ0) is 18.7. The largest absolute Gasteiger partial charge is 0.454 e. The highest BCUT2D eigenvalue weighted by Crippen LogP contribution is 2.40. The minimum Gasteiger partial charge on any atom is -0.454 e.